The van der Waals surface area contributed by atoms with Gasteiger partial charge in [-0.15, -0.1) is 0 Å². The number of nitrogens with one attached hydrogen (secondary N) is 1. The Labute approximate surface area is 124 Å². The molecule has 1 aromatic heterocycles. The molecule has 0 aliphatic heterocycles. The van der Waals surface area contributed by atoms with E-state index in [1.807, 2.05) is 31.2 Å². The summed E-state index contributed by atoms with van der Waals surface area (Å²) in [5, 5.41) is 3.25. The second kappa shape index (κ2) is 5.60. The van der Waals surface area contributed by atoms with Crippen molar-refractivity contribution < 1.29 is 9.53 Å². The van der Waals surface area contributed by atoms with E-state index in [2.05, 4.69) is 14.9 Å². The molecule has 2 aromatic rings. The predicted octanol–water partition coefficient (Wildman–Crippen LogP) is 2.85. The highest BCUT2D eigenvalue weighted by atomic mass is 16.5. The first-order valence-electron chi connectivity index (χ1n) is 7.12. The molecule has 1 aliphatic rings. The topological polar surface area (TPSA) is 56.1 Å². The third kappa shape index (κ3) is 2.91. The minimum atomic E-state index is -0.541. The van der Waals surface area contributed by atoms with Gasteiger partial charge in [0, 0.05) is 11.7 Å². The average molecular weight is 285 g/mol. The van der Waals surface area contributed by atoms with Gasteiger partial charge in [0.25, 0.3) is 0 Å². The molecule has 5 nitrogen and oxygen atoms in total. The molecule has 1 saturated carbocycles. The second-order valence-corrected chi connectivity index (χ2v) is 5.42. The van der Waals surface area contributed by atoms with Crippen LogP contribution in [0.15, 0.2) is 36.8 Å². The number of anilines is 1. The maximum atomic E-state index is 12.2. The fourth-order valence-electron chi connectivity index (χ4n) is 2.38. The quantitative estimate of drug-likeness (QED) is 0.858. The number of methoxy groups -OCH3 is 1. The van der Waals surface area contributed by atoms with E-state index in [-0.39, 0.29) is 5.97 Å². The van der Waals surface area contributed by atoms with Crippen molar-refractivity contribution in [2.75, 3.05) is 12.4 Å². The molecule has 0 radical (unpaired) electrons. The molecule has 0 saturated heterocycles. The molecule has 110 valence electrons. The lowest BCUT2D eigenvalue weighted by Gasteiger charge is -2.19. The average Bonchev–Trinajstić information content (AvgIpc) is 3.24. The Morgan fingerprint density at radius 3 is 2.71 bits per heavy atom. The van der Waals surface area contributed by atoms with E-state index in [1.54, 1.807) is 12.5 Å². The molecule has 5 heteroatoms. The minimum Gasteiger partial charge on any atom is -0.467 e. The molecule has 3 rings (SSSR count). The van der Waals surface area contributed by atoms with Gasteiger partial charge in [-0.2, -0.15) is 0 Å². The highest BCUT2D eigenvalue weighted by Crippen LogP contribution is 2.37. The lowest BCUT2D eigenvalue weighted by Crippen LogP contribution is -2.24. The largest absolute Gasteiger partial charge is 0.467 e. The summed E-state index contributed by atoms with van der Waals surface area (Å²) in [6.07, 6.45) is 5.81. The normalized spacial score (nSPS) is 15.5. The van der Waals surface area contributed by atoms with Gasteiger partial charge in [0.2, 0.25) is 0 Å². The summed E-state index contributed by atoms with van der Waals surface area (Å²) in [5.74, 6) is -0.307. The molecule has 1 heterocycles. The number of esters is 1. The lowest BCUT2D eigenvalue weighted by molar-refractivity contribution is -0.141. The van der Waals surface area contributed by atoms with Crippen molar-refractivity contribution in [1.29, 1.82) is 0 Å². The zero-order valence-electron chi connectivity index (χ0n) is 12.2. The van der Waals surface area contributed by atoms with Gasteiger partial charge in [-0.05, 0) is 31.9 Å². The van der Waals surface area contributed by atoms with Crippen molar-refractivity contribution in [2.24, 2.45) is 0 Å². The number of carbonyl (C=O) groups is 1. The van der Waals surface area contributed by atoms with E-state index in [0.717, 1.165) is 24.2 Å². The molecule has 1 fully saturated rings. The van der Waals surface area contributed by atoms with Crippen molar-refractivity contribution in [3.63, 3.8) is 0 Å². The highest BCUT2D eigenvalue weighted by Gasteiger charge is 2.31. The first-order chi connectivity index (χ1) is 10.2. The fraction of sp³-hybridized carbons (Fsp3) is 0.375. The van der Waals surface area contributed by atoms with Gasteiger partial charge in [-0.3, -0.25) is 0 Å². The van der Waals surface area contributed by atoms with Crippen LogP contribution in [0.1, 0.15) is 36.2 Å². The number of aromatic nitrogens is 2. The molecule has 21 heavy (non-hydrogen) atoms. The molecule has 0 amide bonds. The Morgan fingerprint density at radius 2 is 2.10 bits per heavy atom. The van der Waals surface area contributed by atoms with Crippen molar-refractivity contribution in [3.05, 3.63) is 48.0 Å². The van der Waals surface area contributed by atoms with Crippen LogP contribution in [0.4, 0.5) is 5.69 Å². The number of hydrogen-bond acceptors (Lipinski definition) is 4. The van der Waals surface area contributed by atoms with Crippen LogP contribution in [-0.4, -0.2) is 22.6 Å². The SMILES string of the molecule is COC(=O)C(Nc1ccc(C)cc1)c1cncn1C1CC1. The zero-order chi connectivity index (χ0) is 14.8. The summed E-state index contributed by atoms with van der Waals surface area (Å²) < 4.78 is 7.02. The maximum Gasteiger partial charge on any atom is 0.334 e. The summed E-state index contributed by atoms with van der Waals surface area (Å²) >= 11 is 0. The standard InChI is InChI=1S/C16H19N3O2/c1-11-3-5-12(6-4-11)18-15(16(20)21-2)14-9-17-10-19(14)13-7-8-13/h3-6,9-10,13,15,18H,7-8H2,1-2H3. The molecule has 1 atom stereocenters. The highest BCUT2D eigenvalue weighted by molar-refractivity contribution is 5.80. The number of benzene rings is 1. The third-order valence-corrected chi connectivity index (χ3v) is 3.73. The maximum absolute atomic E-state index is 12.2. The fourth-order valence-corrected chi connectivity index (χ4v) is 2.38. The van der Waals surface area contributed by atoms with Crippen LogP contribution in [0.5, 0.6) is 0 Å². The monoisotopic (exact) mass is 285 g/mol. The molecule has 1 aromatic carbocycles. The number of rotatable bonds is 5. The number of hydrogen-bond donors (Lipinski definition) is 1. The van der Waals surface area contributed by atoms with E-state index in [9.17, 15) is 4.79 Å². The predicted molar refractivity (Wildman–Crippen MR) is 80.1 cm³/mol. The van der Waals surface area contributed by atoms with Crippen LogP contribution in [-0.2, 0) is 9.53 Å². The summed E-state index contributed by atoms with van der Waals surface area (Å²) in [7, 11) is 1.41. The van der Waals surface area contributed by atoms with E-state index in [4.69, 9.17) is 4.74 Å². The minimum absolute atomic E-state index is 0.307. The molecule has 0 spiro atoms. The van der Waals surface area contributed by atoms with Gasteiger partial charge < -0.3 is 14.6 Å². The number of aryl methyl sites for hydroxylation is 1. The molecule has 1 aliphatic carbocycles. The van der Waals surface area contributed by atoms with Gasteiger partial charge in [-0.25, -0.2) is 9.78 Å². The van der Waals surface area contributed by atoms with Crippen LogP contribution < -0.4 is 5.32 Å². The van der Waals surface area contributed by atoms with Crippen LogP contribution in [0, 0.1) is 6.92 Å². The molecule has 0 bridgehead atoms. The van der Waals surface area contributed by atoms with Gasteiger partial charge in [0.05, 0.1) is 25.3 Å². The Hall–Kier alpha value is -2.30. The molecular formula is C16H19N3O2. The van der Waals surface area contributed by atoms with Crippen LogP contribution in [0.25, 0.3) is 0 Å². The van der Waals surface area contributed by atoms with Crippen LogP contribution >= 0.6 is 0 Å². The van der Waals surface area contributed by atoms with Gasteiger partial charge in [0.15, 0.2) is 6.04 Å². The zero-order valence-corrected chi connectivity index (χ0v) is 12.2. The Kier molecular flexibility index (Phi) is 3.64. The smallest absolute Gasteiger partial charge is 0.334 e. The summed E-state index contributed by atoms with van der Waals surface area (Å²) in [5.41, 5.74) is 2.92. The number of carbonyl (C=O) groups excluding carboxylic acids is 1. The summed E-state index contributed by atoms with van der Waals surface area (Å²) in [6, 6.07) is 7.87. The number of nitrogens with zero attached hydrogens (tertiary/aromatic N) is 2. The number of ether oxygens (including phenoxy) is 1. The van der Waals surface area contributed by atoms with E-state index < -0.39 is 6.04 Å². The van der Waals surface area contributed by atoms with E-state index in [1.165, 1.54) is 12.7 Å². The number of imidazole rings is 1. The van der Waals surface area contributed by atoms with E-state index >= 15 is 0 Å². The Balaban J connectivity index is 1.88. The van der Waals surface area contributed by atoms with Crippen LogP contribution in [0.2, 0.25) is 0 Å². The molecule has 1 N–H and O–H groups in total. The Morgan fingerprint density at radius 1 is 1.38 bits per heavy atom. The first-order valence-corrected chi connectivity index (χ1v) is 7.12. The van der Waals surface area contributed by atoms with Crippen molar-refractivity contribution in [1.82, 2.24) is 9.55 Å². The molecular weight excluding hydrogens is 266 g/mol. The lowest BCUT2D eigenvalue weighted by atomic mass is 10.1. The van der Waals surface area contributed by atoms with Crippen molar-refractivity contribution in [3.8, 4) is 0 Å². The first kappa shape index (κ1) is 13.7. The van der Waals surface area contributed by atoms with Gasteiger partial charge >= 0.3 is 5.97 Å². The van der Waals surface area contributed by atoms with E-state index in [0.29, 0.717) is 6.04 Å². The Bertz CT molecular complexity index is 629. The molecule has 1 unspecified atom stereocenters. The van der Waals surface area contributed by atoms with Gasteiger partial charge in [0.1, 0.15) is 0 Å². The summed E-state index contributed by atoms with van der Waals surface area (Å²) in [4.78, 5) is 16.3. The third-order valence-electron chi connectivity index (χ3n) is 3.73. The second-order valence-electron chi connectivity index (χ2n) is 5.42. The van der Waals surface area contributed by atoms with Crippen molar-refractivity contribution >= 4 is 11.7 Å². The van der Waals surface area contributed by atoms with Crippen LogP contribution in [0.3, 0.4) is 0 Å². The van der Waals surface area contributed by atoms with Crippen molar-refractivity contribution in [2.45, 2.75) is 31.8 Å². The summed E-state index contributed by atoms with van der Waals surface area (Å²) in [6.45, 7) is 2.03. The van der Waals surface area contributed by atoms with Gasteiger partial charge in [-0.1, -0.05) is 17.7 Å².